The molecule has 7 heteroatoms. The van der Waals surface area contributed by atoms with Gasteiger partial charge in [-0.3, -0.25) is 9.59 Å². The standard InChI is InChI=1S/C5H8O4.CH2O3/c6-4(7)2-1-3-5(8)9;2-1(3)4/h1-3H2,(H,6,7)(H,8,9);(H2,2,3,4). The molecule has 7 nitrogen and oxygen atoms in total. The van der Waals surface area contributed by atoms with E-state index in [0.29, 0.717) is 0 Å². The number of carboxylic acid groups (broad SMARTS) is 4. The van der Waals surface area contributed by atoms with Crippen LogP contribution < -0.4 is 0 Å². The second-order valence-corrected chi connectivity index (χ2v) is 1.92. The van der Waals surface area contributed by atoms with E-state index >= 15 is 0 Å². The summed E-state index contributed by atoms with van der Waals surface area (Å²) in [5, 5.41) is 30.0. The first-order valence-corrected chi connectivity index (χ1v) is 3.21. The van der Waals surface area contributed by atoms with Crippen molar-refractivity contribution in [2.24, 2.45) is 0 Å². The molecule has 0 aromatic heterocycles. The Bertz CT molecular complexity index is 167. The zero-order valence-electron chi connectivity index (χ0n) is 6.63. The van der Waals surface area contributed by atoms with Crippen LogP contribution in [0.3, 0.4) is 0 Å². The van der Waals surface area contributed by atoms with Crippen molar-refractivity contribution < 1.29 is 34.8 Å². The van der Waals surface area contributed by atoms with Crippen LogP contribution in [0.15, 0.2) is 0 Å². The van der Waals surface area contributed by atoms with Crippen LogP contribution in [0.1, 0.15) is 19.3 Å². The molecule has 0 aromatic carbocycles. The fourth-order valence-electron chi connectivity index (χ4n) is 0.391. The topological polar surface area (TPSA) is 132 Å². The summed E-state index contributed by atoms with van der Waals surface area (Å²) in [6.07, 6.45) is -1.75. The van der Waals surface area contributed by atoms with E-state index < -0.39 is 18.1 Å². The summed E-state index contributed by atoms with van der Waals surface area (Å²) in [4.78, 5) is 28.1. The first-order chi connectivity index (χ1) is 5.86. The van der Waals surface area contributed by atoms with Crippen molar-refractivity contribution >= 4 is 18.1 Å². The highest BCUT2D eigenvalue weighted by Gasteiger charge is 1.99. The smallest absolute Gasteiger partial charge is 0.481 e. The van der Waals surface area contributed by atoms with E-state index in [-0.39, 0.29) is 19.3 Å². The Morgan fingerprint density at radius 2 is 1.00 bits per heavy atom. The second kappa shape index (κ2) is 8.31. The zero-order valence-corrected chi connectivity index (χ0v) is 6.63. The Kier molecular flexibility index (Phi) is 8.80. The molecule has 0 amide bonds. The Morgan fingerprint density at radius 1 is 0.769 bits per heavy atom. The predicted molar refractivity (Wildman–Crippen MR) is 39.8 cm³/mol. The van der Waals surface area contributed by atoms with Gasteiger partial charge in [0.2, 0.25) is 0 Å². The Balaban J connectivity index is 0. The molecule has 0 fully saturated rings. The van der Waals surface area contributed by atoms with Crippen molar-refractivity contribution in [1.29, 1.82) is 0 Å². The van der Waals surface area contributed by atoms with Gasteiger partial charge >= 0.3 is 18.1 Å². The van der Waals surface area contributed by atoms with Crippen LogP contribution in [-0.2, 0) is 9.59 Å². The molecular formula is C6H10O7. The molecule has 0 spiro atoms. The number of carbonyl (C=O) groups is 3. The molecule has 0 saturated heterocycles. The maximum absolute atomic E-state index is 9.79. The van der Waals surface area contributed by atoms with Gasteiger partial charge in [-0.15, -0.1) is 0 Å². The summed E-state index contributed by atoms with van der Waals surface area (Å²) in [5.41, 5.74) is 0. The minimum Gasteiger partial charge on any atom is -0.481 e. The van der Waals surface area contributed by atoms with Crippen LogP contribution >= 0.6 is 0 Å². The van der Waals surface area contributed by atoms with E-state index in [4.69, 9.17) is 25.2 Å². The number of rotatable bonds is 4. The van der Waals surface area contributed by atoms with Gasteiger partial charge in [0.1, 0.15) is 0 Å². The zero-order chi connectivity index (χ0) is 10.9. The van der Waals surface area contributed by atoms with Gasteiger partial charge in [-0.25, -0.2) is 4.79 Å². The van der Waals surface area contributed by atoms with E-state index in [1.165, 1.54) is 0 Å². The SMILES string of the molecule is O=C(O)CCCC(=O)O.O=C(O)O. The van der Waals surface area contributed by atoms with Gasteiger partial charge in [0.05, 0.1) is 0 Å². The summed E-state index contributed by atoms with van der Waals surface area (Å²) >= 11 is 0. The molecular weight excluding hydrogens is 184 g/mol. The molecule has 13 heavy (non-hydrogen) atoms. The summed E-state index contributed by atoms with van der Waals surface area (Å²) < 4.78 is 0. The fraction of sp³-hybridized carbons (Fsp3) is 0.500. The van der Waals surface area contributed by atoms with Crippen LogP contribution in [0.25, 0.3) is 0 Å². The van der Waals surface area contributed by atoms with E-state index in [2.05, 4.69) is 0 Å². The lowest BCUT2D eigenvalue weighted by Gasteiger charge is -1.89. The van der Waals surface area contributed by atoms with Crippen LogP contribution in [0.4, 0.5) is 4.79 Å². The summed E-state index contributed by atoms with van der Waals surface area (Å²) in [6, 6.07) is 0. The largest absolute Gasteiger partial charge is 0.503 e. The van der Waals surface area contributed by atoms with Crippen LogP contribution in [-0.4, -0.2) is 38.5 Å². The Labute approximate surface area is 73.2 Å². The highest BCUT2D eigenvalue weighted by Crippen LogP contribution is 1.93. The van der Waals surface area contributed by atoms with Crippen molar-refractivity contribution in [2.75, 3.05) is 0 Å². The first kappa shape index (κ1) is 13.8. The molecule has 0 heterocycles. The van der Waals surface area contributed by atoms with Gasteiger partial charge in [-0.05, 0) is 6.42 Å². The lowest BCUT2D eigenvalue weighted by molar-refractivity contribution is -0.138. The van der Waals surface area contributed by atoms with Crippen LogP contribution in [0.5, 0.6) is 0 Å². The van der Waals surface area contributed by atoms with Crippen molar-refractivity contribution in [3.8, 4) is 0 Å². The van der Waals surface area contributed by atoms with E-state index in [1.54, 1.807) is 0 Å². The normalized spacial score (nSPS) is 8.00. The minimum atomic E-state index is -1.83. The van der Waals surface area contributed by atoms with E-state index in [0.717, 1.165) is 0 Å². The maximum atomic E-state index is 9.79. The summed E-state index contributed by atoms with van der Waals surface area (Å²) in [5.74, 6) is -1.90. The minimum absolute atomic E-state index is 0.0632. The third-order valence-electron chi connectivity index (χ3n) is 0.781. The highest BCUT2D eigenvalue weighted by molar-refractivity contribution is 5.69. The Morgan fingerprint density at radius 3 is 1.15 bits per heavy atom. The molecule has 0 radical (unpaired) electrons. The molecule has 0 aliphatic carbocycles. The quantitative estimate of drug-likeness (QED) is 0.513. The Hall–Kier alpha value is -1.79. The third kappa shape index (κ3) is 38.8. The summed E-state index contributed by atoms with van der Waals surface area (Å²) in [6.45, 7) is 0. The molecule has 0 bridgehead atoms. The monoisotopic (exact) mass is 194 g/mol. The number of hydrogen-bond acceptors (Lipinski definition) is 3. The predicted octanol–water partition coefficient (Wildman–Crippen LogP) is 0.548. The second-order valence-electron chi connectivity index (χ2n) is 1.92. The summed E-state index contributed by atoms with van der Waals surface area (Å²) in [7, 11) is 0. The number of hydrogen-bond donors (Lipinski definition) is 4. The van der Waals surface area contributed by atoms with Gasteiger partial charge in [-0.1, -0.05) is 0 Å². The number of aliphatic carboxylic acids is 2. The number of carboxylic acids is 2. The first-order valence-electron chi connectivity index (χ1n) is 3.21. The average Bonchev–Trinajstić information content (AvgIpc) is 1.83. The van der Waals surface area contributed by atoms with Crippen LogP contribution in [0, 0.1) is 0 Å². The molecule has 76 valence electrons. The van der Waals surface area contributed by atoms with Gasteiger partial charge in [0.15, 0.2) is 0 Å². The van der Waals surface area contributed by atoms with Crippen LogP contribution in [0.2, 0.25) is 0 Å². The third-order valence-corrected chi connectivity index (χ3v) is 0.781. The van der Waals surface area contributed by atoms with E-state index in [1.807, 2.05) is 0 Å². The fourth-order valence-corrected chi connectivity index (χ4v) is 0.391. The molecule has 4 N–H and O–H groups in total. The molecule has 0 aliphatic rings. The van der Waals surface area contributed by atoms with Crippen molar-refractivity contribution in [3.05, 3.63) is 0 Å². The molecule has 0 aromatic rings. The maximum Gasteiger partial charge on any atom is 0.503 e. The molecule has 0 unspecified atom stereocenters. The van der Waals surface area contributed by atoms with Gasteiger partial charge < -0.3 is 20.4 Å². The molecule has 0 aliphatic heterocycles. The molecule has 0 rings (SSSR count). The highest BCUT2D eigenvalue weighted by atomic mass is 16.6. The average molecular weight is 194 g/mol. The lowest BCUT2D eigenvalue weighted by atomic mass is 10.2. The van der Waals surface area contributed by atoms with Crippen molar-refractivity contribution in [3.63, 3.8) is 0 Å². The van der Waals surface area contributed by atoms with Gasteiger partial charge in [0, 0.05) is 12.8 Å². The molecule has 0 saturated carbocycles. The van der Waals surface area contributed by atoms with Crippen molar-refractivity contribution in [2.45, 2.75) is 19.3 Å². The van der Waals surface area contributed by atoms with E-state index in [9.17, 15) is 9.59 Å². The van der Waals surface area contributed by atoms with Gasteiger partial charge in [-0.2, -0.15) is 0 Å². The molecule has 0 atom stereocenters. The van der Waals surface area contributed by atoms with Gasteiger partial charge in [0.25, 0.3) is 0 Å². The lowest BCUT2D eigenvalue weighted by Crippen LogP contribution is -1.98. The van der Waals surface area contributed by atoms with Crippen molar-refractivity contribution in [1.82, 2.24) is 0 Å².